The van der Waals surface area contributed by atoms with Gasteiger partial charge in [-0.3, -0.25) is 4.79 Å². The molecule has 0 N–H and O–H groups in total. The van der Waals surface area contributed by atoms with Crippen molar-refractivity contribution in [3.8, 4) is 5.75 Å². The van der Waals surface area contributed by atoms with E-state index in [4.69, 9.17) is 4.74 Å². The minimum absolute atomic E-state index is 0.105. The molecule has 3 heteroatoms. The molecule has 1 aromatic carbocycles. The maximum Gasteiger partial charge on any atom is 0.169 e. The van der Waals surface area contributed by atoms with Crippen LogP contribution in [0.4, 0.5) is 0 Å². The van der Waals surface area contributed by atoms with Crippen LogP contribution in [-0.2, 0) is 0 Å². The molecule has 0 saturated carbocycles. The highest BCUT2D eigenvalue weighted by Gasteiger charge is 2.21. The number of carbonyl (C=O) groups excluding carboxylic acids is 1. The summed E-state index contributed by atoms with van der Waals surface area (Å²) in [5.74, 6) is 0.968. The summed E-state index contributed by atoms with van der Waals surface area (Å²) in [6.07, 6.45) is 4.07. The topological polar surface area (TPSA) is 26.3 Å². The van der Waals surface area contributed by atoms with E-state index in [0.717, 1.165) is 30.2 Å². The maximum atomic E-state index is 12.5. The zero-order valence-corrected chi connectivity index (χ0v) is 12.9. The molecule has 100 valence electrons. The summed E-state index contributed by atoms with van der Waals surface area (Å²) in [5, 5.41) is 0. The second-order valence-corrected chi connectivity index (χ2v) is 5.37. The first kappa shape index (κ1) is 15.2. The number of unbranched alkanes of at least 4 members (excludes halogenated alkanes) is 1. The molecule has 0 heterocycles. The first-order valence-electron chi connectivity index (χ1n) is 6.51. The van der Waals surface area contributed by atoms with Gasteiger partial charge in [0.05, 0.1) is 12.7 Å². The summed E-state index contributed by atoms with van der Waals surface area (Å²) < 4.78 is 6.19. The summed E-state index contributed by atoms with van der Waals surface area (Å²) in [6, 6.07) is 5.59. The van der Waals surface area contributed by atoms with Gasteiger partial charge >= 0.3 is 0 Å². The predicted octanol–water partition coefficient (Wildman–Crippen LogP) is 4.86. The molecule has 18 heavy (non-hydrogen) atoms. The van der Waals surface area contributed by atoms with Crippen LogP contribution >= 0.6 is 15.9 Å². The van der Waals surface area contributed by atoms with Gasteiger partial charge in [0.2, 0.25) is 0 Å². The molecule has 0 amide bonds. The Hall–Kier alpha value is -0.830. The minimum Gasteiger partial charge on any atom is -0.496 e. The summed E-state index contributed by atoms with van der Waals surface area (Å²) in [6.45, 7) is 4.22. The Morgan fingerprint density at radius 1 is 1.39 bits per heavy atom. The van der Waals surface area contributed by atoms with Crippen molar-refractivity contribution in [3.05, 3.63) is 28.2 Å². The first-order chi connectivity index (χ1) is 8.63. The van der Waals surface area contributed by atoms with Crippen LogP contribution in [0.2, 0.25) is 0 Å². The highest BCUT2D eigenvalue weighted by molar-refractivity contribution is 9.10. The zero-order chi connectivity index (χ0) is 13.5. The fourth-order valence-corrected chi connectivity index (χ4v) is 2.42. The second kappa shape index (κ2) is 7.57. The van der Waals surface area contributed by atoms with E-state index in [0.29, 0.717) is 11.3 Å². The van der Waals surface area contributed by atoms with Gasteiger partial charge in [-0.25, -0.2) is 0 Å². The maximum absolute atomic E-state index is 12.5. The zero-order valence-electron chi connectivity index (χ0n) is 11.3. The third-order valence-electron chi connectivity index (χ3n) is 3.20. The van der Waals surface area contributed by atoms with Crippen molar-refractivity contribution in [1.82, 2.24) is 0 Å². The number of methoxy groups -OCH3 is 1. The number of benzene rings is 1. The third-order valence-corrected chi connectivity index (χ3v) is 3.69. The van der Waals surface area contributed by atoms with E-state index in [1.54, 1.807) is 7.11 Å². The first-order valence-corrected chi connectivity index (χ1v) is 7.31. The summed E-state index contributed by atoms with van der Waals surface area (Å²) in [7, 11) is 1.60. The highest BCUT2D eigenvalue weighted by Crippen LogP contribution is 2.28. The van der Waals surface area contributed by atoms with Gasteiger partial charge in [0, 0.05) is 10.4 Å². The number of hydrogen-bond acceptors (Lipinski definition) is 2. The lowest BCUT2D eigenvalue weighted by molar-refractivity contribution is 0.0905. The van der Waals surface area contributed by atoms with Crippen molar-refractivity contribution in [2.75, 3.05) is 7.11 Å². The Morgan fingerprint density at radius 3 is 2.67 bits per heavy atom. The minimum atomic E-state index is 0.105. The van der Waals surface area contributed by atoms with Gasteiger partial charge < -0.3 is 4.74 Å². The normalized spacial score (nSPS) is 12.2. The molecule has 1 aromatic rings. The number of ketones is 1. The van der Waals surface area contributed by atoms with Crippen molar-refractivity contribution in [1.29, 1.82) is 0 Å². The predicted molar refractivity (Wildman–Crippen MR) is 78.3 cm³/mol. The molecule has 2 nitrogen and oxygen atoms in total. The molecule has 1 atom stereocenters. The number of ether oxygens (including phenoxy) is 1. The molecule has 0 spiro atoms. The lowest BCUT2D eigenvalue weighted by atomic mass is 9.90. The molecule has 0 aliphatic rings. The molecule has 0 bridgehead atoms. The Labute approximate surface area is 118 Å². The van der Waals surface area contributed by atoms with E-state index in [1.165, 1.54) is 0 Å². The Balaban J connectivity index is 2.96. The average molecular weight is 313 g/mol. The van der Waals surface area contributed by atoms with Gasteiger partial charge in [0.15, 0.2) is 5.78 Å². The lowest BCUT2D eigenvalue weighted by Crippen LogP contribution is -2.15. The summed E-state index contributed by atoms with van der Waals surface area (Å²) >= 11 is 3.41. The molecule has 0 aliphatic carbocycles. The molecular formula is C15H21BrO2. The average Bonchev–Trinajstić information content (AvgIpc) is 2.39. The molecule has 1 unspecified atom stereocenters. The van der Waals surface area contributed by atoms with E-state index >= 15 is 0 Å². The smallest absolute Gasteiger partial charge is 0.169 e. The Bertz CT molecular complexity index is 401. The number of hydrogen-bond donors (Lipinski definition) is 0. The van der Waals surface area contributed by atoms with Crippen LogP contribution in [0.15, 0.2) is 22.7 Å². The van der Waals surface area contributed by atoms with Crippen molar-refractivity contribution in [3.63, 3.8) is 0 Å². The molecule has 1 rings (SSSR count). The van der Waals surface area contributed by atoms with Crippen LogP contribution in [0.25, 0.3) is 0 Å². The van der Waals surface area contributed by atoms with Crippen LogP contribution < -0.4 is 4.74 Å². The van der Waals surface area contributed by atoms with E-state index in [1.807, 2.05) is 18.2 Å². The van der Waals surface area contributed by atoms with Crippen LogP contribution in [0.3, 0.4) is 0 Å². The van der Waals surface area contributed by atoms with Gasteiger partial charge in [-0.1, -0.05) is 42.6 Å². The molecule has 0 radical (unpaired) electrons. The number of rotatable bonds is 7. The quantitative estimate of drug-likeness (QED) is 0.672. The summed E-state index contributed by atoms with van der Waals surface area (Å²) in [5.41, 5.74) is 0.690. The number of Topliss-reactive ketones (excluding diaryl/α,β-unsaturated/α-hetero) is 1. The van der Waals surface area contributed by atoms with Crippen molar-refractivity contribution < 1.29 is 9.53 Å². The van der Waals surface area contributed by atoms with Crippen LogP contribution in [-0.4, -0.2) is 12.9 Å². The van der Waals surface area contributed by atoms with Gasteiger partial charge in [-0.15, -0.1) is 0 Å². The van der Waals surface area contributed by atoms with Gasteiger partial charge in [-0.05, 0) is 31.0 Å². The second-order valence-electron chi connectivity index (χ2n) is 4.46. The largest absolute Gasteiger partial charge is 0.496 e. The monoisotopic (exact) mass is 312 g/mol. The molecular weight excluding hydrogens is 292 g/mol. The van der Waals surface area contributed by atoms with E-state index in [2.05, 4.69) is 29.8 Å². The Morgan fingerprint density at radius 2 is 2.11 bits per heavy atom. The van der Waals surface area contributed by atoms with Crippen LogP contribution in [0.1, 0.15) is 49.9 Å². The fourth-order valence-electron chi connectivity index (χ4n) is 2.06. The fraction of sp³-hybridized carbons (Fsp3) is 0.533. The van der Waals surface area contributed by atoms with Gasteiger partial charge in [0.25, 0.3) is 0 Å². The third kappa shape index (κ3) is 3.84. The van der Waals surface area contributed by atoms with Gasteiger partial charge in [0.1, 0.15) is 5.75 Å². The molecule has 0 aromatic heterocycles. The molecule has 0 aliphatic heterocycles. The highest BCUT2D eigenvalue weighted by atomic mass is 79.9. The number of halogens is 1. The van der Waals surface area contributed by atoms with Gasteiger partial charge in [-0.2, -0.15) is 0 Å². The van der Waals surface area contributed by atoms with Crippen molar-refractivity contribution >= 4 is 21.7 Å². The van der Waals surface area contributed by atoms with E-state index in [-0.39, 0.29) is 11.7 Å². The molecule has 0 fully saturated rings. The van der Waals surface area contributed by atoms with E-state index < -0.39 is 0 Å². The van der Waals surface area contributed by atoms with Crippen LogP contribution in [0.5, 0.6) is 5.75 Å². The SMILES string of the molecule is CCCCC(CC)C(=O)c1cc(Br)ccc1OC. The summed E-state index contributed by atoms with van der Waals surface area (Å²) in [4.78, 5) is 12.5. The Kier molecular flexibility index (Phi) is 6.41. The number of carbonyl (C=O) groups is 1. The molecule has 0 saturated heterocycles. The van der Waals surface area contributed by atoms with Crippen LogP contribution in [0, 0.1) is 5.92 Å². The lowest BCUT2D eigenvalue weighted by Gasteiger charge is -2.15. The van der Waals surface area contributed by atoms with Crippen molar-refractivity contribution in [2.45, 2.75) is 39.5 Å². The van der Waals surface area contributed by atoms with E-state index in [9.17, 15) is 4.79 Å². The standard InChI is InChI=1S/C15H21BrO2/c1-4-6-7-11(5-2)15(17)13-10-12(16)8-9-14(13)18-3/h8-11H,4-7H2,1-3H3. The van der Waals surface area contributed by atoms with Crippen molar-refractivity contribution in [2.24, 2.45) is 5.92 Å².